The molecule has 2 atom stereocenters. The number of fused-ring (bicyclic) bond motifs is 3. The number of benzene rings is 1. The maximum absolute atomic E-state index is 12.9. The minimum Gasteiger partial charge on any atom is -0.338 e. The molecule has 0 saturated carbocycles. The molecule has 1 N–H and O–H groups in total. The molecule has 1 saturated heterocycles. The Bertz CT molecular complexity index is 1320. The molecule has 4 heterocycles. The predicted octanol–water partition coefficient (Wildman–Crippen LogP) is 3.40. The lowest BCUT2D eigenvalue weighted by atomic mass is 9.98. The quantitative estimate of drug-likeness (QED) is 0.619. The molecule has 170 valence electrons. The summed E-state index contributed by atoms with van der Waals surface area (Å²) >= 11 is 0. The van der Waals surface area contributed by atoms with Crippen LogP contribution in [-0.2, 0) is 22.6 Å². The summed E-state index contributed by atoms with van der Waals surface area (Å²) in [4.78, 5) is 35.7. The molecule has 0 radical (unpaired) electrons. The van der Waals surface area contributed by atoms with Crippen LogP contribution in [0.25, 0.3) is 11.6 Å². The van der Waals surface area contributed by atoms with E-state index < -0.39 is 0 Å². The lowest BCUT2D eigenvalue weighted by Gasteiger charge is -2.17. The molecule has 34 heavy (non-hydrogen) atoms. The Morgan fingerprint density at radius 1 is 1.15 bits per heavy atom. The van der Waals surface area contributed by atoms with E-state index in [0.29, 0.717) is 24.2 Å². The number of anilines is 1. The van der Waals surface area contributed by atoms with Crippen LogP contribution in [0.4, 0.5) is 5.82 Å². The van der Waals surface area contributed by atoms with E-state index in [2.05, 4.69) is 45.6 Å². The van der Waals surface area contributed by atoms with Crippen molar-refractivity contribution in [2.24, 2.45) is 11.8 Å². The highest BCUT2D eigenvalue weighted by Crippen LogP contribution is 2.41. The molecule has 3 aliphatic rings. The molecule has 0 spiro atoms. The van der Waals surface area contributed by atoms with E-state index in [9.17, 15) is 9.59 Å². The number of carbonyl (C=O) groups is 2. The van der Waals surface area contributed by atoms with Crippen molar-refractivity contribution in [2.45, 2.75) is 19.4 Å². The molecule has 6 rings (SSSR count). The van der Waals surface area contributed by atoms with E-state index >= 15 is 0 Å². The van der Waals surface area contributed by atoms with Gasteiger partial charge in [-0.15, -0.1) is 0 Å². The Morgan fingerprint density at radius 3 is 2.88 bits per heavy atom. The van der Waals surface area contributed by atoms with E-state index in [1.54, 1.807) is 24.8 Å². The van der Waals surface area contributed by atoms with Gasteiger partial charge in [0.15, 0.2) is 0 Å². The number of allylic oxidation sites excluding steroid dienone is 1. The van der Waals surface area contributed by atoms with Crippen molar-refractivity contribution in [2.75, 3.05) is 18.4 Å². The summed E-state index contributed by atoms with van der Waals surface area (Å²) in [5.74, 6) is 1.40. The van der Waals surface area contributed by atoms with Gasteiger partial charge in [-0.2, -0.15) is 0 Å². The van der Waals surface area contributed by atoms with Crippen molar-refractivity contribution in [3.8, 4) is 0 Å². The van der Waals surface area contributed by atoms with Crippen LogP contribution in [0.15, 0.2) is 67.3 Å². The zero-order valence-electron chi connectivity index (χ0n) is 18.7. The fraction of sp³-hybridized carbons (Fsp3) is 0.259. The molecule has 7 heteroatoms. The number of aromatic nitrogens is 3. The molecule has 1 aliphatic carbocycles. The van der Waals surface area contributed by atoms with Crippen molar-refractivity contribution in [1.29, 1.82) is 0 Å². The van der Waals surface area contributed by atoms with Crippen LogP contribution in [0.5, 0.6) is 0 Å². The van der Waals surface area contributed by atoms with Crippen molar-refractivity contribution in [1.82, 2.24) is 19.4 Å². The SMILES string of the molecule is O=C1Cc2cncn2Cc2cc(/C=C/C(=O)N3CC4C=C(c5ccccc5)CC4C3)cnc2N1. The summed E-state index contributed by atoms with van der Waals surface area (Å²) in [6.45, 7) is 2.12. The molecule has 2 unspecified atom stereocenters. The number of nitrogens with zero attached hydrogens (tertiary/aromatic N) is 4. The zero-order valence-corrected chi connectivity index (χ0v) is 18.7. The first-order chi connectivity index (χ1) is 16.6. The Kier molecular flexibility index (Phi) is 5.09. The average molecular weight is 452 g/mol. The van der Waals surface area contributed by atoms with Gasteiger partial charge in [0, 0.05) is 42.8 Å². The standard InChI is InChI=1S/C27H25N5O2/c33-25-11-24-13-28-17-32(24)16-23-8-18(12-29-27(23)30-25)6-7-26(34)31-14-21-9-20(10-22(21)15-31)19-4-2-1-3-5-19/h1-9,12-13,17,21-22H,10-11,14-16H2,(H,29,30,33)/b7-6+. The normalized spacial score (nSPS) is 21.4. The first-order valence-electron chi connectivity index (χ1n) is 11.6. The van der Waals surface area contributed by atoms with Crippen LogP contribution in [0.1, 0.15) is 28.8 Å². The molecule has 2 aromatic heterocycles. The Labute approximate surface area is 197 Å². The second kappa shape index (κ2) is 8.41. The fourth-order valence-electron chi connectivity index (χ4n) is 5.24. The van der Waals surface area contributed by atoms with Gasteiger partial charge in [-0.3, -0.25) is 9.59 Å². The van der Waals surface area contributed by atoms with Crippen molar-refractivity contribution in [3.63, 3.8) is 0 Å². The molecular formula is C27H25N5O2. The third-order valence-corrected chi connectivity index (χ3v) is 6.99. The number of rotatable bonds is 3. The van der Waals surface area contributed by atoms with Crippen LogP contribution in [0.3, 0.4) is 0 Å². The third-order valence-electron chi connectivity index (χ3n) is 6.99. The smallest absolute Gasteiger partial charge is 0.246 e. The summed E-state index contributed by atoms with van der Waals surface area (Å²) < 4.78 is 1.96. The van der Waals surface area contributed by atoms with E-state index in [1.807, 2.05) is 27.7 Å². The van der Waals surface area contributed by atoms with E-state index in [1.165, 1.54) is 11.1 Å². The predicted molar refractivity (Wildman–Crippen MR) is 130 cm³/mol. The maximum atomic E-state index is 12.9. The lowest BCUT2D eigenvalue weighted by Crippen LogP contribution is -2.27. The monoisotopic (exact) mass is 451 g/mol. The van der Waals surface area contributed by atoms with Gasteiger partial charge in [-0.25, -0.2) is 9.97 Å². The van der Waals surface area contributed by atoms with Gasteiger partial charge in [0.05, 0.1) is 19.3 Å². The summed E-state index contributed by atoms with van der Waals surface area (Å²) in [5.41, 5.74) is 5.27. The van der Waals surface area contributed by atoms with E-state index in [0.717, 1.165) is 36.3 Å². The molecule has 2 amide bonds. The number of pyridine rings is 1. The molecular weight excluding hydrogens is 426 g/mol. The van der Waals surface area contributed by atoms with Gasteiger partial charge in [0.25, 0.3) is 0 Å². The minimum atomic E-state index is -0.113. The molecule has 2 aliphatic heterocycles. The number of likely N-dealkylation sites (tertiary alicyclic amines) is 1. The number of nitrogens with one attached hydrogen (secondary N) is 1. The number of amides is 2. The second-order valence-electron chi connectivity index (χ2n) is 9.28. The summed E-state index contributed by atoms with van der Waals surface area (Å²) in [7, 11) is 0. The number of hydrogen-bond donors (Lipinski definition) is 1. The minimum absolute atomic E-state index is 0.0287. The molecule has 7 nitrogen and oxygen atoms in total. The van der Waals surface area contributed by atoms with Gasteiger partial charge in [0.1, 0.15) is 5.82 Å². The lowest BCUT2D eigenvalue weighted by molar-refractivity contribution is -0.125. The van der Waals surface area contributed by atoms with Crippen LogP contribution in [0, 0.1) is 11.8 Å². The van der Waals surface area contributed by atoms with E-state index in [4.69, 9.17) is 0 Å². The summed E-state index contributed by atoms with van der Waals surface area (Å²) in [5, 5.41) is 2.87. The molecule has 3 aromatic rings. The van der Waals surface area contributed by atoms with E-state index in [-0.39, 0.29) is 18.2 Å². The van der Waals surface area contributed by atoms with Crippen LogP contribution in [-0.4, -0.2) is 44.3 Å². The van der Waals surface area contributed by atoms with Crippen molar-refractivity contribution >= 4 is 29.3 Å². The fourth-order valence-corrected chi connectivity index (χ4v) is 5.24. The largest absolute Gasteiger partial charge is 0.338 e. The first kappa shape index (κ1) is 20.6. The summed E-state index contributed by atoms with van der Waals surface area (Å²) in [6.07, 6.45) is 12.2. The topological polar surface area (TPSA) is 80.1 Å². The number of hydrogen-bond acceptors (Lipinski definition) is 4. The van der Waals surface area contributed by atoms with Crippen molar-refractivity contribution < 1.29 is 9.59 Å². The van der Waals surface area contributed by atoms with Crippen LogP contribution in [0.2, 0.25) is 0 Å². The number of carbonyl (C=O) groups excluding carboxylic acids is 2. The molecule has 0 bridgehead atoms. The highest BCUT2D eigenvalue weighted by atomic mass is 16.2. The maximum Gasteiger partial charge on any atom is 0.246 e. The highest BCUT2D eigenvalue weighted by molar-refractivity contribution is 5.93. The number of imidazole rings is 1. The molecule has 1 aromatic carbocycles. The Morgan fingerprint density at radius 2 is 2.03 bits per heavy atom. The Balaban J connectivity index is 1.14. The van der Waals surface area contributed by atoms with Gasteiger partial charge < -0.3 is 14.8 Å². The second-order valence-corrected chi connectivity index (χ2v) is 9.28. The zero-order chi connectivity index (χ0) is 23.1. The van der Waals surface area contributed by atoms with Crippen molar-refractivity contribution in [3.05, 3.63) is 89.7 Å². The van der Waals surface area contributed by atoms with Gasteiger partial charge >= 0.3 is 0 Å². The van der Waals surface area contributed by atoms with Crippen LogP contribution >= 0.6 is 0 Å². The van der Waals surface area contributed by atoms with Gasteiger partial charge in [0.2, 0.25) is 11.8 Å². The Hall–Kier alpha value is -4.00. The first-order valence-corrected chi connectivity index (χ1v) is 11.6. The van der Waals surface area contributed by atoms with Gasteiger partial charge in [-0.1, -0.05) is 36.4 Å². The third kappa shape index (κ3) is 3.94. The average Bonchev–Trinajstić information content (AvgIpc) is 3.54. The highest BCUT2D eigenvalue weighted by Gasteiger charge is 2.37. The molecule has 1 fully saturated rings. The van der Waals surface area contributed by atoms with Gasteiger partial charge in [-0.05, 0) is 47.1 Å². The summed E-state index contributed by atoms with van der Waals surface area (Å²) in [6, 6.07) is 12.5. The van der Waals surface area contributed by atoms with Crippen LogP contribution < -0.4 is 5.32 Å².